The van der Waals surface area contributed by atoms with Crippen LogP contribution in [0, 0.1) is 35.5 Å². The molecular weight excluding hydrogens is 1470 g/mol. The van der Waals surface area contributed by atoms with Gasteiger partial charge in [0.05, 0.1) is 31.5 Å². The molecule has 622 valence electrons. The van der Waals surface area contributed by atoms with Crippen LogP contribution in [0.3, 0.4) is 0 Å². The van der Waals surface area contributed by atoms with Gasteiger partial charge in [-0.1, -0.05) is 45.3 Å². The Morgan fingerprint density at radius 3 is 1.81 bits per heavy atom. The Kier molecular flexibility index (Phi) is 31.8. The molecule has 1 spiro atoms. The van der Waals surface area contributed by atoms with Crippen molar-refractivity contribution < 1.29 is 106 Å². The molecule has 12 amide bonds. The third-order valence-corrected chi connectivity index (χ3v) is 24.2. The minimum absolute atomic E-state index is 0.00602. The van der Waals surface area contributed by atoms with E-state index in [1.54, 1.807) is 46.8 Å². The van der Waals surface area contributed by atoms with Crippen LogP contribution in [0.5, 0.6) is 0 Å². The monoisotopic (exact) mass is 1580 g/mol. The van der Waals surface area contributed by atoms with E-state index in [2.05, 4.69) is 16.0 Å². The van der Waals surface area contributed by atoms with E-state index in [-0.39, 0.29) is 110 Å². The van der Waals surface area contributed by atoms with Gasteiger partial charge in [0.25, 0.3) is 0 Å². The van der Waals surface area contributed by atoms with Crippen LogP contribution in [0.4, 0.5) is 43.9 Å². The van der Waals surface area contributed by atoms with Crippen molar-refractivity contribution in [3.8, 4) is 0 Å². The Morgan fingerprint density at radius 1 is 0.636 bits per heavy atom. The second-order valence-electron chi connectivity index (χ2n) is 31.4. The van der Waals surface area contributed by atoms with Gasteiger partial charge in [0.15, 0.2) is 0 Å². The Bertz CT molecular complexity index is 3270. The normalized spacial score (nSPS) is 31.6. The second-order valence-corrected chi connectivity index (χ2v) is 31.4. The fourth-order valence-electron chi connectivity index (χ4n) is 17.2. The van der Waals surface area contributed by atoms with Gasteiger partial charge >= 0.3 is 12.4 Å². The van der Waals surface area contributed by atoms with Crippen molar-refractivity contribution in [1.29, 1.82) is 0 Å². The lowest BCUT2D eigenvalue weighted by molar-refractivity contribution is -0.219. The molecule has 110 heavy (non-hydrogen) atoms. The maximum atomic E-state index is 15.6. The molecule has 25 nitrogen and oxygen atoms in total. The average Bonchev–Trinajstić information content (AvgIpc) is 1.39. The zero-order valence-corrected chi connectivity index (χ0v) is 65.2. The number of fused-ring (bicyclic) bond motifs is 3. The van der Waals surface area contributed by atoms with E-state index < -0.39 is 243 Å². The highest BCUT2D eigenvalue weighted by Crippen LogP contribution is 2.46. The number of likely N-dealkylation sites (N-methyl/N-ethyl adjacent to an activating group) is 7. The van der Waals surface area contributed by atoms with Crippen LogP contribution in [0.2, 0.25) is 0 Å². The van der Waals surface area contributed by atoms with Gasteiger partial charge < -0.3 is 64.8 Å². The number of nitrogens with one attached hydrogen (secondary N) is 3. The molecule has 7 rings (SSSR count). The van der Waals surface area contributed by atoms with Gasteiger partial charge in [0.2, 0.25) is 77.3 Å². The molecule has 3 aliphatic heterocycles. The molecule has 4 saturated carbocycles. The molecule has 3 N–H and O–H groups in total. The molecule has 0 aromatic rings. The quantitative estimate of drug-likeness (QED) is 0.113. The zero-order chi connectivity index (χ0) is 81.8. The average molecular weight is 1580 g/mol. The van der Waals surface area contributed by atoms with E-state index in [4.69, 9.17) is 4.74 Å². The van der Waals surface area contributed by atoms with Gasteiger partial charge in [-0.3, -0.25) is 57.5 Å². The minimum atomic E-state index is -5.23. The molecule has 3 unspecified atom stereocenters. The summed E-state index contributed by atoms with van der Waals surface area (Å²) in [6, 6.07) is -12.9. The van der Waals surface area contributed by atoms with Crippen molar-refractivity contribution in [1.82, 2.24) is 60.0 Å². The van der Waals surface area contributed by atoms with Gasteiger partial charge in [0.1, 0.15) is 72.1 Å². The molecule has 3 heterocycles. The molecule has 4 aliphatic carbocycles. The number of carbonyl (C=O) groups excluding carboxylic acids is 12. The summed E-state index contributed by atoms with van der Waals surface area (Å²) in [5.74, 6) is -18.7. The third-order valence-electron chi connectivity index (χ3n) is 24.2. The number of nitrogens with zero attached hydrogens (tertiary/aromatic N) is 9. The van der Waals surface area contributed by atoms with Crippen molar-refractivity contribution >= 4 is 70.9 Å². The lowest BCUT2D eigenvalue weighted by atomic mass is 9.74. The molecule has 7 aliphatic rings. The number of carbonyl (C=O) groups is 12. The summed E-state index contributed by atoms with van der Waals surface area (Å²) in [5, 5.41) is 8.03. The van der Waals surface area contributed by atoms with E-state index in [9.17, 15) is 63.9 Å². The first kappa shape index (κ1) is 89.8. The van der Waals surface area contributed by atoms with E-state index in [1.807, 2.05) is 0 Å². The molecule has 0 radical (unpaired) electrons. The summed E-state index contributed by atoms with van der Waals surface area (Å²) in [5.41, 5.74) is -1.76. The van der Waals surface area contributed by atoms with Gasteiger partial charge in [-0.25, -0.2) is 17.6 Å². The highest BCUT2D eigenvalue weighted by molar-refractivity contribution is 6.01. The lowest BCUT2D eigenvalue weighted by Crippen LogP contribution is -2.68. The molecule has 35 heteroatoms. The Hall–Kier alpha value is -7.36. The summed E-state index contributed by atoms with van der Waals surface area (Å²) < 4.78 is 151. The zero-order valence-electron chi connectivity index (χ0n) is 65.2. The van der Waals surface area contributed by atoms with Crippen molar-refractivity contribution in [2.75, 3.05) is 88.2 Å². The van der Waals surface area contributed by atoms with Crippen LogP contribution >= 0.6 is 0 Å². The smallest absolute Gasteiger partial charge is 0.377 e. The number of halogens is 10. The van der Waals surface area contributed by atoms with Gasteiger partial charge in [-0.05, 0) is 147 Å². The molecule has 0 aromatic heterocycles. The molecular formula is C75H114F10N12O13. The lowest BCUT2D eigenvalue weighted by Gasteiger charge is -2.47. The molecule has 6 fully saturated rings. The van der Waals surface area contributed by atoms with Crippen LogP contribution in [-0.2, 0) is 62.3 Å². The molecule has 0 aromatic carbocycles. The first-order valence-corrected chi connectivity index (χ1v) is 39.0. The summed E-state index contributed by atoms with van der Waals surface area (Å²) in [4.78, 5) is 190. The molecule has 2 saturated heterocycles. The maximum Gasteiger partial charge on any atom is 0.397 e. The van der Waals surface area contributed by atoms with Crippen LogP contribution in [0.1, 0.15) is 176 Å². The summed E-state index contributed by atoms with van der Waals surface area (Å²) in [6.07, 6.45) is -19.2. The Labute approximate surface area is 637 Å². The largest absolute Gasteiger partial charge is 0.397 e. The van der Waals surface area contributed by atoms with Gasteiger partial charge in [0, 0.05) is 87.9 Å². The van der Waals surface area contributed by atoms with E-state index in [0.717, 1.165) is 31.5 Å². The highest BCUT2D eigenvalue weighted by atomic mass is 19.4. The molecule has 12 atom stereocenters. The fourth-order valence-corrected chi connectivity index (χ4v) is 17.2. The van der Waals surface area contributed by atoms with Crippen LogP contribution in [-0.4, -0.2) is 294 Å². The number of hydrogen-bond donors (Lipinski definition) is 3. The minimum Gasteiger partial charge on any atom is -0.377 e. The number of hydrogen-bond acceptors (Lipinski definition) is 13. The highest BCUT2D eigenvalue weighted by Gasteiger charge is 2.56. The number of alkyl halides is 10. The summed E-state index contributed by atoms with van der Waals surface area (Å²) in [6.45, 7) is 6.13. The van der Waals surface area contributed by atoms with Gasteiger partial charge in [-0.15, -0.1) is 0 Å². The van der Waals surface area contributed by atoms with Crippen molar-refractivity contribution in [3.63, 3.8) is 0 Å². The Balaban J connectivity index is 1.34. The third kappa shape index (κ3) is 21.7. The fraction of sp³-hybridized carbons (Fsp3) is 0.813. The number of rotatable bonds is 15. The predicted molar refractivity (Wildman–Crippen MR) is 381 cm³/mol. The van der Waals surface area contributed by atoms with Gasteiger partial charge in [-0.2, -0.15) is 26.3 Å². The maximum absolute atomic E-state index is 15.6. The van der Waals surface area contributed by atoms with Crippen molar-refractivity contribution in [2.45, 2.75) is 267 Å². The number of ether oxygens (including phenoxy) is 1. The molecule has 2 bridgehead atoms. The SMILES string of the molecule is CCO[C@@H]1C[C@H]2C(=O)NC3(CCC3)C(=O)N(C)[C@@H](C3CCCC3)C(=O)N(C)[C@H](C(=O)N(CC)CC)CC(=O)N(C)[C@@H](CC(F)F)C(=O)N[C@@H]([C@@H](C)CC)C(=O)N(C)CC(=O)N(C)C3C/C=C\CCN(C3=O)[C@@H](CC3CCC(C(F)(F)F)CC3)C(=O)N(C)CC(=O)N[C@@H](CCC3CC(F)C(C(F)(F)F)C(F)C3)C(=O)N2C1. The van der Waals surface area contributed by atoms with E-state index >= 15 is 37.5 Å². The standard InChI is InChI=1S/C75H114F10N12O13/c1-12-43(5)62-70(107)90(7)42-60(100)91(8)52-24-17-16-20-33-96(69(52)106)56(36-44-25-28-47(29-26-44)74(80,81)82)67(104)89(6)41-58(98)86-51(30-27-45-34-49(76)61(50(77)35-45)75(83,84)85)66(103)97-40-48(110-15-4)37-54(97)65(102)88-73(31-21-32-73)72(109)94(11)63(46-22-18-19-23-46)71(108)93(10)55(68(105)95(13-2)14-3)39-59(99)92(9)53(38-57(78)79)64(101)87-62/h16-17,43-57,61-63H,12-15,18-42H2,1-11H3,(H,86,98)(H,87,101)(H,88,102)/b17-16-/t43-,44?,45?,47?,48+,49?,50?,51-,52?,53-,54-,55-,56-,61?,62-,63-/m0/s1. The van der Waals surface area contributed by atoms with Crippen molar-refractivity contribution in [2.24, 2.45) is 35.5 Å². The van der Waals surface area contributed by atoms with Crippen molar-refractivity contribution in [3.05, 3.63) is 12.2 Å². The van der Waals surface area contributed by atoms with E-state index in [0.29, 0.717) is 37.0 Å². The first-order valence-electron chi connectivity index (χ1n) is 39.0. The summed E-state index contributed by atoms with van der Waals surface area (Å²) in [7, 11) is 7.31. The van der Waals surface area contributed by atoms with Crippen LogP contribution < -0.4 is 16.0 Å². The van der Waals surface area contributed by atoms with Crippen LogP contribution in [0.15, 0.2) is 12.2 Å². The number of amides is 12. The van der Waals surface area contributed by atoms with E-state index in [1.165, 1.54) is 49.9 Å². The Morgan fingerprint density at radius 2 is 1.25 bits per heavy atom. The predicted octanol–water partition coefficient (Wildman–Crippen LogP) is 6.74. The first-order chi connectivity index (χ1) is 51.6. The second kappa shape index (κ2) is 38.9. The van der Waals surface area contributed by atoms with Crippen LogP contribution in [0.25, 0.3) is 0 Å². The topological polar surface area (TPSA) is 279 Å². The summed E-state index contributed by atoms with van der Waals surface area (Å²) >= 11 is 0.